The topological polar surface area (TPSA) is 8.29 Å². The molecule has 35 heavy (non-hydrogen) atoms. The van der Waals surface area contributed by atoms with Gasteiger partial charge >= 0.3 is 0 Å². The molecular formula is C32H32FN2+. The summed E-state index contributed by atoms with van der Waals surface area (Å²) < 4.78 is 19.3. The molecule has 0 saturated heterocycles. The van der Waals surface area contributed by atoms with Gasteiger partial charge in [-0.3, -0.25) is 0 Å². The van der Waals surface area contributed by atoms with Crippen LogP contribution in [0.5, 0.6) is 0 Å². The van der Waals surface area contributed by atoms with Gasteiger partial charge in [0.2, 0.25) is 5.52 Å². The fraction of sp³-hybridized carbons (Fsp3) is 0.344. The summed E-state index contributed by atoms with van der Waals surface area (Å²) in [7, 11) is 2.15. The average Bonchev–Trinajstić information content (AvgIpc) is 3.13. The van der Waals surface area contributed by atoms with Gasteiger partial charge in [-0.1, -0.05) is 19.9 Å². The molecule has 2 nitrogen and oxygen atoms in total. The van der Waals surface area contributed by atoms with Crippen molar-refractivity contribution < 1.29 is 8.96 Å². The number of benzene rings is 3. The Labute approximate surface area is 205 Å². The lowest BCUT2D eigenvalue weighted by Gasteiger charge is -2.34. The molecule has 176 valence electrons. The molecule has 0 atom stereocenters. The third-order valence-electron chi connectivity index (χ3n) is 9.06. The molecule has 3 heteroatoms. The van der Waals surface area contributed by atoms with Gasteiger partial charge in [-0.25, -0.2) is 8.96 Å². The van der Waals surface area contributed by atoms with Crippen LogP contribution in [0, 0.1) is 25.1 Å². The van der Waals surface area contributed by atoms with E-state index in [-0.39, 0.29) is 5.82 Å². The van der Waals surface area contributed by atoms with E-state index >= 15 is 0 Å². The first kappa shape index (κ1) is 21.1. The first-order chi connectivity index (χ1) is 16.7. The van der Waals surface area contributed by atoms with Gasteiger partial charge in [0, 0.05) is 16.8 Å². The molecule has 0 bridgehead atoms. The Morgan fingerprint density at radius 2 is 1.69 bits per heavy atom. The second-order valence-electron chi connectivity index (χ2n) is 11.8. The molecule has 1 fully saturated rings. The predicted octanol–water partition coefficient (Wildman–Crippen LogP) is 8.25. The van der Waals surface area contributed by atoms with Crippen LogP contribution in [0.25, 0.3) is 49.0 Å². The summed E-state index contributed by atoms with van der Waals surface area (Å²) in [5.74, 6) is 0.397. The van der Waals surface area contributed by atoms with Crippen LogP contribution in [-0.4, -0.2) is 4.40 Å². The Morgan fingerprint density at radius 3 is 2.46 bits per heavy atom. The van der Waals surface area contributed by atoms with E-state index in [4.69, 9.17) is 0 Å². The van der Waals surface area contributed by atoms with Crippen LogP contribution in [0.3, 0.4) is 0 Å². The summed E-state index contributed by atoms with van der Waals surface area (Å²) >= 11 is 0. The molecule has 1 aliphatic carbocycles. The van der Waals surface area contributed by atoms with Gasteiger partial charge in [-0.2, -0.15) is 0 Å². The molecule has 1 saturated carbocycles. The number of halogens is 1. The van der Waals surface area contributed by atoms with Gasteiger partial charge in [0.1, 0.15) is 12.9 Å². The average molecular weight is 464 g/mol. The molecule has 3 aromatic heterocycles. The SMILES string of the molecule is Cc1cc2c3ccc(F)cc3n3c4cc(C5CCC(C)(C)CC5)cc5cc[n+](C)c(c(c1C)c23)c54. The van der Waals surface area contributed by atoms with Crippen LogP contribution in [0.2, 0.25) is 0 Å². The number of rotatable bonds is 1. The Kier molecular flexibility index (Phi) is 4.18. The summed E-state index contributed by atoms with van der Waals surface area (Å²) in [6.07, 6.45) is 7.21. The molecule has 0 unspecified atom stereocenters. The Bertz CT molecular complexity index is 1810. The summed E-state index contributed by atoms with van der Waals surface area (Å²) in [5, 5.41) is 6.18. The minimum atomic E-state index is -0.183. The van der Waals surface area contributed by atoms with E-state index < -0.39 is 0 Å². The minimum Gasteiger partial charge on any atom is -0.307 e. The standard InChI is InChI=1S/C32H32FN2/c1-18-14-25-24-7-6-23(33)17-26(24)35-27-16-22(20-8-11-32(3,4)12-9-20)15-21-10-13-34(5)31(29(21)27)28(19(18)2)30(25)35/h6-7,10,13-17,20H,8-9,11-12H2,1-5H3/q+1. The zero-order valence-corrected chi connectivity index (χ0v) is 21.3. The molecule has 6 aromatic rings. The van der Waals surface area contributed by atoms with Gasteiger partial charge in [0.15, 0.2) is 6.20 Å². The van der Waals surface area contributed by atoms with Gasteiger partial charge < -0.3 is 4.40 Å². The third-order valence-corrected chi connectivity index (χ3v) is 9.06. The number of aromatic nitrogens is 2. The van der Waals surface area contributed by atoms with Crippen LogP contribution in [0.15, 0.2) is 48.7 Å². The summed E-state index contributed by atoms with van der Waals surface area (Å²) in [5.41, 5.74) is 9.11. The highest BCUT2D eigenvalue weighted by molar-refractivity contribution is 6.26. The number of hydrogen-bond acceptors (Lipinski definition) is 0. The maximum atomic E-state index is 14.6. The van der Waals surface area contributed by atoms with Gasteiger partial charge in [0.05, 0.1) is 27.3 Å². The van der Waals surface area contributed by atoms with Crippen molar-refractivity contribution in [1.82, 2.24) is 4.40 Å². The molecule has 1 aliphatic rings. The second kappa shape index (κ2) is 6.94. The van der Waals surface area contributed by atoms with Crippen LogP contribution in [0.4, 0.5) is 4.39 Å². The largest absolute Gasteiger partial charge is 0.307 e. The fourth-order valence-corrected chi connectivity index (χ4v) is 6.87. The summed E-state index contributed by atoms with van der Waals surface area (Å²) in [6.45, 7) is 9.23. The molecule has 0 N–H and O–H groups in total. The molecule has 0 radical (unpaired) electrons. The zero-order valence-electron chi connectivity index (χ0n) is 21.3. The molecule has 0 spiro atoms. The smallest absolute Gasteiger partial charge is 0.224 e. The van der Waals surface area contributed by atoms with Crippen LogP contribution < -0.4 is 4.57 Å². The van der Waals surface area contributed by atoms with E-state index in [1.165, 1.54) is 80.5 Å². The molecule has 0 aliphatic heterocycles. The van der Waals surface area contributed by atoms with Gasteiger partial charge in [-0.15, -0.1) is 0 Å². The monoisotopic (exact) mass is 463 g/mol. The maximum absolute atomic E-state index is 14.6. The lowest BCUT2D eigenvalue weighted by molar-refractivity contribution is -0.643. The van der Waals surface area contributed by atoms with Crippen LogP contribution >= 0.6 is 0 Å². The van der Waals surface area contributed by atoms with Gasteiger partial charge in [-0.05, 0) is 103 Å². The van der Waals surface area contributed by atoms with E-state index in [0.717, 1.165) is 10.9 Å². The van der Waals surface area contributed by atoms with Crippen molar-refractivity contribution in [2.75, 3.05) is 0 Å². The number of pyridine rings is 2. The van der Waals surface area contributed by atoms with Crippen molar-refractivity contribution in [2.45, 2.75) is 59.3 Å². The van der Waals surface area contributed by atoms with Crippen molar-refractivity contribution in [2.24, 2.45) is 12.5 Å². The van der Waals surface area contributed by atoms with Crippen molar-refractivity contribution >= 4 is 49.0 Å². The first-order valence-corrected chi connectivity index (χ1v) is 12.9. The van der Waals surface area contributed by atoms with E-state index in [0.29, 0.717) is 11.3 Å². The summed E-state index contributed by atoms with van der Waals surface area (Å²) in [4.78, 5) is 0. The van der Waals surface area contributed by atoms with Crippen LogP contribution in [-0.2, 0) is 7.05 Å². The van der Waals surface area contributed by atoms with Gasteiger partial charge in [0.25, 0.3) is 0 Å². The Balaban J connectivity index is 1.70. The Morgan fingerprint density at radius 1 is 0.914 bits per heavy atom. The number of fused-ring (bicyclic) bond motifs is 5. The maximum Gasteiger partial charge on any atom is 0.224 e. The van der Waals surface area contributed by atoms with Crippen LogP contribution in [0.1, 0.15) is 62.1 Å². The minimum absolute atomic E-state index is 0.183. The van der Waals surface area contributed by atoms with E-state index in [2.05, 4.69) is 74.2 Å². The highest BCUT2D eigenvalue weighted by atomic mass is 19.1. The highest BCUT2D eigenvalue weighted by Gasteiger charge is 2.30. The second-order valence-corrected chi connectivity index (χ2v) is 11.8. The van der Waals surface area contributed by atoms with Crippen molar-refractivity contribution in [3.63, 3.8) is 0 Å². The van der Waals surface area contributed by atoms with E-state index in [9.17, 15) is 4.39 Å². The lowest BCUT2D eigenvalue weighted by atomic mass is 9.71. The highest BCUT2D eigenvalue weighted by Crippen LogP contribution is 2.46. The third kappa shape index (κ3) is 2.84. The van der Waals surface area contributed by atoms with Crippen molar-refractivity contribution in [3.05, 3.63) is 71.2 Å². The molecule has 0 amide bonds. The van der Waals surface area contributed by atoms with Crippen molar-refractivity contribution in [3.8, 4) is 0 Å². The summed E-state index contributed by atoms with van der Waals surface area (Å²) in [6, 6.07) is 14.7. The fourth-order valence-electron chi connectivity index (χ4n) is 6.87. The normalized spacial score (nSPS) is 17.1. The lowest BCUT2D eigenvalue weighted by Crippen LogP contribution is -2.29. The number of aryl methyl sites for hydroxylation is 3. The van der Waals surface area contributed by atoms with E-state index in [1.54, 1.807) is 12.1 Å². The zero-order chi connectivity index (χ0) is 24.2. The number of nitrogens with zero attached hydrogens (tertiary/aromatic N) is 2. The first-order valence-electron chi connectivity index (χ1n) is 12.9. The predicted molar refractivity (Wildman–Crippen MR) is 144 cm³/mol. The van der Waals surface area contributed by atoms with E-state index in [1.807, 2.05) is 6.07 Å². The molecule has 3 heterocycles. The number of hydrogen-bond donors (Lipinski definition) is 0. The van der Waals surface area contributed by atoms with Crippen molar-refractivity contribution in [1.29, 1.82) is 0 Å². The molecule has 3 aromatic carbocycles. The molecule has 7 rings (SSSR count). The quantitative estimate of drug-likeness (QED) is 0.132. The molecular weight excluding hydrogens is 431 g/mol. The Hall–Kier alpha value is -3.20.